The second kappa shape index (κ2) is 5.47. The number of nitrogens with one attached hydrogen (secondary N) is 1. The van der Waals surface area contributed by atoms with Gasteiger partial charge in [0.25, 0.3) is 0 Å². The smallest absolute Gasteiger partial charge is 0.0662 e. The van der Waals surface area contributed by atoms with Crippen LogP contribution in [0.4, 0.5) is 0 Å². The molecule has 1 heterocycles. The Labute approximate surface area is 130 Å². The first-order valence-electron chi connectivity index (χ1n) is 7.82. The Morgan fingerprint density at radius 2 is 1.90 bits per heavy atom. The van der Waals surface area contributed by atoms with E-state index in [2.05, 4.69) is 33.4 Å². The van der Waals surface area contributed by atoms with Crippen molar-refractivity contribution in [1.29, 1.82) is 0 Å². The Balaban J connectivity index is 1.54. The first-order valence-corrected chi connectivity index (χ1v) is 8.20. The van der Waals surface area contributed by atoms with Gasteiger partial charge in [-0.05, 0) is 43.4 Å². The Bertz CT molecular complexity index is 624. The standard InChI is InChI=1S/C17H20ClN3/c18-15-5-1-12(2-6-15)11-21-17(13-3-4-13)14(10-20-21)9-19-16-7-8-16/h1-2,5-6,10,13,16,19H,3-4,7-9,11H2. The molecule has 0 atom stereocenters. The molecule has 0 spiro atoms. The normalized spacial score (nSPS) is 18.1. The lowest BCUT2D eigenvalue weighted by Gasteiger charge is -2.10. The second-order valence-corrected chi connectivity index (χ2v) is 6.71. The lowest BCUT2D eigenvalue weighted by atomic mass is 10.1. The lowest BCUT2D eigenvalue weighted by Crippen LogP contribution is -2.16. The first-order chi connectivity index (χ1) is 10.3. The summed E-state index contributed by atoms with van der Waals surface area (Å²) in [5.74, 6) is 0.718. The van der Waals surface area contributed by atoms with E-state index in [4.69, 9.17) is 11.6 Å². The van der Waals surface area contributed by atoms with Crippen LogP contribution < -0.4 is 5.32 Å². The molecule has 1 aromatic heterocycles. The Morgan fingerprint density at radius 3 is 2.57 bits per heavy atom. The van der Waals surface area contributed by atoms with Gasteiger partial charge in [-0.2, -0.15) is 5.10 Å². The molecule has 0 amide bonds. The van der Waals surface area contributed by atoms with Gasteiger partial charge >= 0.3 is 0 Å². The molecule has 2 aliphatic carbocycles. The molecule has 21 heavy (non-hydrogen) atoms. The quantitative estimate of drug-likeness (QED) is 0.881. The number of hydrogen-bond acceptors (Lipinski definition) is 2. The van der Waals surface area contributed by atoms with Crippen LogP contribution in [-0.2, 0) is 13.1 Å². The Morgan fingerprint density at radius 1 is 1.14 bits per heavy atom. The van der Waals surface area contributed by atoms with Crippen molar-refractivity contribution in [3.05, 3.63) is 52.3 Å². The molecule has 0 unspecified atom stereocenters. The van der Waals surface area contributed by atoms with Gasteiger partial charge in [-0.3, -0.25) is 4.68 Å². The largest absolute Gasteiger partial charge is 0.310 e. The maximum Gasteiger partial charge on any atom is 0.0662 e. The number of rotatable bonds is 6. The molecule has 4 heteroatoms. The molecule has 4 rings (SSSR count). The zero-order valence-corrected chi connectivity index (χ0v) is 12.8. The third kappa shape index (κ3) is 3.14. The fourth-order valence-corrected chi connectivity index (χ4v) is 2.96. The summed E-state index contributed by atoms with van der Waals surface area (Å²) < 4.78 is 2.19. The van der Waals surface area contributed by atoms with Crippen LogP contribution in [0, 0.1) is 0 Å². The molecular weight excluding hydrogens is 282 g/mol. The van der Waals surface area contributed by atoms with Crippen molar-refractivity contribution < 1.29 is 0 Å². The van der Waals surface area contributed by atoms with Crippen LogP contribution in [0.2, 0.25) is 5.02 Å². The molecule has 2 fully saturated rings. The summed E-state index contributed by atoms with van der Waals surface area (Å²) in [6, 6.07) is 8.82. The van der Waals surface area contributed by atoms with Crippen LogP contribution >= 0.6 is 11.6 Å². The maximum absolute atomic E-state index is 5.96. The van der Waals surface area contributed by atoms with Crippen LogP contribution in [0.1, 0.15) is 48.4 Å². The topological polar surface area (TPSA) is 29.9 Å². The summed E-state index contributed by atoms with van der Waals surface area (Å²) in [6.07, 6.45) is 7.33. The van der Waals surface area contributed by atoms with E-state index in [1.807, 2.05) is 12.1 Å². The molecule has 1 N–H and O–H groups in total. The fourth-order valence-electron chi connectivity index (χ4n) is 2.83. The van der Waals surface area contributed by atoms with Crippen LogP contribution in [0.5, 0.6) is 0 Å². The number of aromatic nitrogens is 2. The van der Waals surface area contributed by atoms with Crippen molar-refractivity contribution in [3.63, 3.8) is 0 Å². The van der Waals surface area contributed by atoms with E-state index in [9.17, 15) is 0 Å². The zero-order chi connectivity index (χ0) is 14.2. The minimum absolute atomic E-state index is 0.718. The predicted molar refractivity (Wildman–Crippen MR) is 84.6 cm³/mol. The van der Waals surface area contributed by atoms with Crippen LogP contribution in [0.3, 0.4) is 0 Å². The molecule has 2 saturated carbocycles. The number of hydrogen-bond donors (Lipinski definition) is 1. The predicted octanol–water partition coefficient (Wildman–Crippen LogP) is 3.71. The fraction of sp³-hybridized carbons (Fsp3) is 0.471. The van der Waals surface area contributed by atoms with Crippen molar-refractivity contribution in [2.45, 2.75) is 50.7 Å². The van der Waals surface area contributed by atoms with Crippen molar-refractivity contribution in [2.24, 2.45) is 0 Å². The number of halogens is 1. The van der Waals surface area contributed by atoms with Gasteiger partial charge in [0, 0.05) is 34.8 Å². The van der Waals surface area contributed by atoms with Crippen LogP contribution in [-0.4, -0.2) is 15.8 Å². The summed E-state index contributed by atoms with van der Waals surface area (Å²) in [7, 11) is 0. The molecule has 0 radical (unpaired) electrons. The molecule has 0 saturated heterocycles. The molecule has 0 bridgehead atoms. The van der Waals surface area contributed by atoms with E-state index >= 15 is 0 Å². The lowest BCUT2D eigenvalue weighted by molar-refractivity contribution is 0.635. The SMILES string of the molecule is Clc1ccc(Cn2ncc(CNC3CC3)c2C2CC2)cc1. The zero-order valence-electron chi connectivity index (χ0n) is 12.1. The van der Waals surface area contributed by atoms with Crippen molar-refractivity contribution >= 4 is 11.6 Å². The molecule has 0 aliphatic heterocycles. The van der Waals surface area contributed by atoms with E-state index in [1.54, 1.807) is 0 Å². The van der Waals surface area contributed by atoms with Crippen molar-refractivity contribution in [2.75, 3.05) is 0 Å². The van der Waals surface area contributed by atoms with Crippen molar-refractivity contribution in [3.8, 4) is 0 Å². The minimum Gasteiger partial charge on any atom is -0.310 e. The molecule has 1 aromatic carbocycles. The van der Waals surface area contributed by atoms with Gasteiger partial charge in [0.2, 0.25) is 0 Å². The first kappa shape index (κ1) is 13.4. The third-order valence-electron chi connectivity index (χ3n) is 4.33. The third-order valence-corrected chi connectivity index (χ3v) is 4.58. The molecular formula is C17H20ClN3. The highest BCUT2D eigenvalue weighted by Crippen LogP contribution is 2.42. The molecule has 3 nitrogen and oxygen atoms in total. The Kier molecular flexibility index (Phi) is 3.48. The highest BCUT2D eigenvalue weighted by atomic mass is 35.5. The second-order valence-electron chi connectivity index (χ2n) is 6.27. The summed E-state index contributed by atoms with van der Waals surface area (Å²) in [5.41, 5.74) is 4.09. The monoisotopic (exact) mass is 301 g/mol. The van der Waals surface area contributed by atoms with E-state index in [1.165, 1.54) is 42.5 Å². The summed E-state index contributed by atoms with van der Waals surface area (Å²) in [6.45, 7) is 1.81. The highest BCUT2D eigenvalue weighted by molar-refractivity contribution is 6.30. The average Bonchev–Trinajstić information content (AvgIpc) is 3.40. The van der Waals surface area contributed by atoms with Gasteiger partial charge in [-0.15, -0.1) is 0 Å². The van der Waals surface area contributed by atoms with Gasteiger partial charge in [0.15, 0.2) is 0 Å². The van der Waals surface area contributed by atoms with Crippen molar-refractivity contribution in [1.82, 2.24) is 15.1 Å². The molecule has 110 valence electrons. The molecule has 2 aromatic rings. The highest BCUT2D eigenvalue weighted by Gasteiger charge is 2.30. The van der Waals surface area contributed by atoms with Gasteiger partial charge in [0.05, 0.1) is 12.7 Å². The molecule has 2 aliphatic rings. The Hall–Kier alpha value is -1.32. The van der Waals surface area contributed by atoms with Crippen LogP contribution in [0.15, 0.2) is 30.5 Å². The summed E-state index contributed by atoms with van der Waals surface area (Å²) in [5, 5.41) is 9.03. The number of benzene rings is 1. The van der Waals surface area contributed by atoms with Gasteiger partial charge < -0.3 is 5.32 Å². The van der Waals surface area contributed by atoms with Gasteiger partial charge in [0.1, 0.15) is 0 Å². The maximum atomic E-state index is 5.96. The number of nitrogens with zero attached hydrogens (tertiary/aromatic N) is 2. The summed E-state index contributed by atoms with van der Waals surface area (Å²) >= 11 is 5.96. The van der Waals surface area contributed by atoms with Gasteiger partial charge in [-0.1, -0.05) is 23.7 Å². The van der Waals surface area contributed by atoms with E-state index in [-0.39, 0.29) is 0 Å². The summed E-state index contributed by atoms with van der Waals surface area (Å²) in [4.78, 5) is 0. The van der Waals surface area contributed by atoms with E-state index in [0.29, 0.717) is 0 Å². The average molecular weight is 302 g/mol. The van der Waals surface area contributed by atoms with E-state index < -0.39 is 0 Å². The minimum atomic E-state index is 0.718. The van der Waals surface area contributed by atoms with E-state index in [0.717, 1.165) is 30.1 Å². The van der Waals surface area contributed by atoms with Gasteiger partial charge in [-0.25, -0.2) is 0 Å². The van der Waals surface area contributed by atoms with Crippen LogP contribution in [0.25, 0.3) is 0 Å².